The zero-order valence-electron chi connectivity index (χ0n) is 16.7. The van der Waals surface area contributed by atoms with Gasteiger partial charge in [0.25, 0.3) is 5.91 Å². The Morgan fingerprint density at radius 3 is 2.61 bits per heavy atom. The van der Waals surface area contributed by atoms with Gasteiger partial charge in [0, 0.05) is 19.5 Å². The van der Waals surface area contributed by atoms with Crippen LogP contribution in [0.15, 0.2) is 24.0 Å². The summed E-state index contributed by atoms with van der Waals surface area (Å²) in [6.07, 6.45) is 2.25. The number of carbonyl (C=O) groups is 1. The molecule has 152 valence electrons. The molecule has 0 aromatic heterocycles. The van der Waals surface area contributed by atoms with Crippen molar-refractivity contribution in [2.24, 2.45) is 0 Å². The number of nitrogens with zero attached hydrogens (tertiary/aromatic N) is 2. The van der Waals surface area contributed by atoms with Crippen LogP contribution >= 0.6 is 0 Å². The summed E-state index contributed by atoms with van der Waals surface area (Å²) in [5, 5.41) is 14.5. The minimum atomic E-state index is -0.884. The van der Waals surface area contributed by atoms with Crippen LogP contribution in [0.4, 0.5) is 0 Å². The Hall–Kier alpha value is -1.93. The third-order valence-electron chi connectivity index (χ3n) is 6.03. The molecular formula is C21H28N2O5. The normalized spacial score (nSPS) is 25.3. The van der Waals surface area contributed by atoms with E-state index in [1.807, 2.05) is 37.1 Å². The summed E-state index contributed by atoms with van der Waals surface area (Å²) in [6, 6.07) is 5.88. The highest BCUT2D eigenvalue weighted by molar-refractivity contribution is 6.23. The second-order valence-corrected chi connectivity index (χ2v) is 7.83. The molecule has 1 amide bonds. The van der Waals surface area contributed by atoms with Gasteiger partial charge >= 0.3 is 0 Å². The van der Waals surface area contributed by atoms with E-state index in [0.717, 1.165) is 29.5 Å². The molecule has 28 heavy (non-hydrogen) atoms. The summed E-state index contributed by atoms with van der Waals surface area (Å²) in [5.41, 5.74) is 2.27. The zero-order valence-corrected chi connectivity index (χ0v) is 16.7. The van der Waals surface area contributed by atoms with Gasteiger partial charge in [-0.1, -0.05) is 23.8 Å². The molecule has 3 aliphatic rings. The number of ether oxygens (including phenoxy) is 1. The quantitative estimate of drug-likeness (QED) is 0.855. The van der Waals surface area contributed by atoms with Crippen LogP contribution in [0.5, 0.6) is 0 Å². The lowest BCUT2D eigenvalue weighted by Gasteiger charge is -2.43. The number of hydrogen-bond donors (Lipinski definition) is 1. The first-order valence-electron chi connectivity index (χ1n) is 9.89. The Bertz CT molecular complexity index is 792. The van der Waals surface area contributed by atoms with Crippen LogP contribution in [-0.2, 0) is 19.2 Å². The van der Waals surface area contributed by atoms with E-state index in [9.17, 15) is 9.90 Å². The van der Waals surface area contributed by atoms with Crippen molar-refractivity contribution in [1.82, 2.24) is 10.1 Å². The van der Waals surface area contributed by atoms with Crippen LogP contribution in [0.3, 0.4) is 0 Å². The average Bonchev–Trinajstić information content (AvgIpc) is 3.26. The third-order valence-corrected chi connectivity index (χ3v) is 6.03. The van der Waals surface area contributed by atoms with Gasteiger partial charge < -0.3 is 14.7 Å². The van der Waals surface area contributed by atoms with Gasteiger partial charge in [0.15, 0.2) is 6.29 Å². The van der Waals surface area contributed by atoms with E-state index in [4.69, 9.17) is 14.4 Å². The Kier molecular flexibility index (Phi) is 5.18. The molecule has 0 unspecified atom stereocenters. The van der Waals surface area contributed by atoms with Crippen molar-refractivity contribution in [2.75, 3.05) is 26.8 Å². The predicted molar refractivity (Wildman–Crippen MR) is 103 cm³/mol. The maximum Gasteiger partial charge on any atom is 0.282 e. The number of amides is 1. The van der Waals surface area contributed by atoms with Crippen LogP contribution in [0.1, 0.15) is 42.4 Å². The van der Waals surface area contributed by atoms with Crippen LogP contribution in [0, 0.1) is 13.8 Å². The summed E-state index contributed by atoms with van der Waals surface area (Å²) >= 11 is 0. The van der Waals surface area contributed by atoms with Crippen molar-refractivity contribution in [3.8, 4) is 0 Å². The van der Waals surface area contributed by atoms with Crippen LogP contribution in [0.2, 0.25) is 0 Å². The van der Waals surface area contributed by atoms with Gasteiger partial charge in [0.1, 0.15) is 11.3 Å². The second-order valence-electron chi connectivity index (χ2n) is 7.83. The molecule has 0 aliphatic carbocycles. The van der Waals surface area contributed by atoms with E-state index in [-0.39, 0.29) is 11.7 Å². The molecule has 3 heterocycles. The minimum absolute atomic E-state index is 0.0956. The molecule has 0 radical (unpaired) electrons. The Morgan fingerprint density at radius 1 is 1.25 bits per heavy atom. The first kappa shape index (κ1) is 19.4. The highest BCUT2D eigenvalue weighted by Gasteiger charge is 2.56. The summed E-state index contributed by atoms with van der Waals surface area (Å²) in [4.78, 5) is 24.8. The van der Waals surface area contributed by atoms with Crippen LogP contribution < -0.4 is 0 Å². The van der Waals surface area contributed by atoms with Gasteiger partial charge in [-0.3, -0.25) is 4.79 Å². The van der Waals surface area contributed by atoms with Crippen molar-refractivity contribution in [3.05, 3.63) is 40.6 Å². The third kappa shape index (κ3) is 3.12. The van der Waals surface area contributed by atoms with E-state index < -0.39 is 11.8 Å². The minimum Gasteiger partial charge on any atom is -0.509 e. The van der Waals surface area contributed by atoms with Crippen molar-refractivity contribution >= 4 is 11.5 Å². The molecule has 7 heteroatoms. The number of aliphatic hydroxyl groups excluding tert-OH is 1. The molecule has 1 aromatic carbocycles. The molecular weight excluding hydrogens is 360 g/mol. The van der Waals surface area contributed by atoms with Crippen molar-refractivity contribution < 1.29 is 24.3 Å². The number of hydroxylamine groups is 4. The van der Waals surface area contributed by atoms with E-state index >= 15 is 0 Å². The lowest BCUT2D eigenvalue weighted by atomic mass is 9.85. The number of benzene rings is 1. The van der Waals surface area contributed by atoms with Gasteiger partial charge in [-0.15, -0.1) is 0 Å². The first-order chi connectivity index (χ1) is 13.5. The molecule has 3 aliphatic heterocycles. The van der Waals surface area contributed by atoms with E-state index in [1.54, 1.807) is 7.11 Å². The van der Waals surface area contributed by atoms with Gasteiger partial charge in [-0.05, 0) is 44.2 Å². The molecule has 1 atom stereocenters. The largest absolute Gasteiger partial charge is 0.509 e. The topological polar surface area (TPSA) is 71.5 Å². The maximum atomic E-state index is 13.4. The first-order valence-corrected chi connectivity index (χ1v) is 9.89. The predicted octanol–water partition coefficient (Wildman–Crippen LogP) is 2.88. The molecule has 1 N–H and O–H groups in total. The van der Waals surface area contributed by atoms with Crippen molar-refractivity contribution in [3.63, 3.8) is 0 Å². The lowest BCUT2D eigenvalue weighted by Crippen LogP contribution is -2.55. The van der Waals surface area contributed by atoms with Gasteiger partial charge in [-0.2, -0.15) is 5.06 Å². The number of aliphatic hydroxyl groups is 1. The Labute approximate surface area is 165 Å². The summed E-state index contributed by atoms with van der Waals surface area (Å²) < 4.78 is 5.60. The zero-order chi connectivity index (χ0) is 19.9. The Morgan fingerprint density at radius 2 is 2.00 bits per heavy atom. The van der Waals surface area contributed by atoms with Gasteiger partial charge in [0.05, 0.1) is 19.3 Å². The highest BCUT2D eigenvalue weighted by Crippen LogP contribution is 2.46. The number of rotatable bonds is 4. The standard InChI is InChI=1S/C21H28N2O5/c1-14-6-7-16(15(2)13-14)18-19(24)21(8-10-22(26-3)11-9-21)23(20(18)25)28-17-5-4-12-27-17/h6-7,13,17,24H,4-5,8-12H2,1-3H3/t17-/m0/s1. The molecule has 2 saturated heterocycles. The second kappa shape index (κ2) is 7.48. The SMILES string of the molecule is CON1CCC2(CC1)C(O)=C(c1ccc(C)cc1C)C(=O)N2O[C@H]1CCCO1. The smallest absolute Gasteiger partial charge is 0.282 e. The molecule has 7 nitrogen and oxygen atoms in total. The number of hydrogen-bond acceptors (Lipinski definition) is 6. The summed E-state index contributed by atoms with van der Waals surface area (Å²) in [5.74, 6) is -0.205. The number of aryl methyl sites for hydroxylation is 2. The number of piperidine rings is 1. The number of carbonyl (C=O) groups excluding carboxylic acids is 1. The highest BCUT2D eigenvalue weighted by atomic mass is 16.8. The maximum absolute atomic E-state index is 13.4. The Balaban J connectivity index is 1.74. The van der Waals surface area contributed by atoms with E-state index in [1.165, 1.54) is 5.06 Å². The molecule has 2 fully saturated rings. The summed E-state index contributed by atoms with van der Waals surface area (Å²) in [7, 11) is 1.63. The van der Waals surface area contributed by atoms with E-state index in [2.05, 4.69) is 0 Å². The molecule has 1 aromatic rings. The summed E-state index contributed by atoms with van der Waals surface area (Å²) in [6.45, 7) is 5.79. The van der Waals surface area contributed by atoms with Crippen LogP contribution in [0.25, 0.3) is 5.57 Å². The average molecular weight is 388 g/mol. The molecule has 1 spiro atoms. The monoisotopic (exact) mass is 388 g/mol. The van der Waals surface area contributed by atoms with Crippen molar-refractivity contribution in [1.29, 1.82) is 0 Å². The fraction of sp³-hybridized carbons (Fsp3) is 0.571. The fourth-order valence-electron chi connectivity index (χ4n) is 4.44. The molecule has 0 saturated carbocycles. The van der Waals surface area contributed by atoms with Gasteiger partial charge in [0.2, 0.25) is 0 Å². The van der Waals surface area contributed by atoms with Crippen molar-refractivity contribution in [2.45, 2.75) is 51.4 Å². The van der Waals surface area contributed by atoms with E-state index in [0.29, 0.717) is 38.1 Å². The molecule has 0 bridgehead atoms. The molecule has 4 rings (SSSR count). The fourth-order valence-corrected chi connectivity index (χ4v) is 4.44. The van der Waals surface area contributed by atoms with Crippen LogP contribution in [-0.4, -0.2) is 59.8 Å². The van der Waals surface area contributed by atoms with Gasteiger partial charge in [-0.25, -0.2) is 9.90 Å². The lowest BCUT2D eigenvalue weighted by molar-refractivity contribution is -0.291.